The minimum atomic E-state index is -0.0979. The number of nitrogens with zero attached hydrogens (tertiary/aromatic N) is 1. The minimum absolute atomic E-state index is 0.0979. The molecule has 0 spiro atoms. The van der Waals surface area contributed by atoms with E-state index in [1.165, 1.54) is 12.8 Å². The molecule has 4 N–H and O–H groups in total. The van der Waals surface area contributed by atoms with Crippen LogP contribution in [0.25, 0.3) is 0 Å². The Kier molecular flexibility index (Phi) is 3.38. The number of piperidine rings is 1. The highest BCUT2D eigenvalue weighted by Crippen LogP contribution is 2.39. The summed E-state index contributed by atoms with van der Waals surface area (Å²) in [7, 11) is 0. The van der Waals surface area contributed by atoms with Crippen molar-refractivity contribution < 1.29 is 4.79 Å². The second kappa shape index (κ2) is 5.17. The van der Waals surface area contributed by atoms with Gasteiger partial charge in [-0.3, -0.25) is 4.79 Å². The van der Waals surface area contributed by atoms with Gasteiger partial charge in [0.25, 0.3) is 5.91 Å². The van der Waals surface area contributed by atoms with Crippen molar-refractivity contribution in [1.82, 2.24) is 15.6 Å². The van der Waals surface area contributed by atoms with Crippen molar-refractivity contribution in [3.63, 3.8) is 0 Å². The first kappa shape index (κ1) is 12.4. The van der Waals surface area contributed by atoms with Gasteiger partial charge >= 0.3 is 0 Å². The van der Waals surface area contributed by atoms with Crippen molar-refractivity contribution in [2.75, 3.05) is 18.8 Å². The second-order valence-electron chi connectivity index (χ2n) is 5.44. The van der Waals surface area contributed by atoms with Crippen LogP contribution in [0, 0.1) is 0 Å². The summed E-state index contributed by atoms with van der Waals surface area (Å²) in [6, 6.07) is 3.99. The molecule has 1 aliphatic carbocycles. The molecule has 19 heavy (non-hydrogen) atoms. The number of hydrogen-bond acceptors (Lipinski definition) is 4. The van der Waals surface area contributed by atoms with E-state index in [0.29, 0.717) is 17.3 Å². The van der Waals surface area contributed by atoms with Crippen molar-refractivity contribution in [1.29, 1.82) is 0 Å². The minimum Gasteiger partial charge on any atom is -0.383 e. The molecule has 0 atom stereocenters. The Bertz CT molecular complexity index is 478. The average Bonchev–Trinajstić information content (AvgIpc) is 3.24. The monoisotopic (exact) mass is 260 g/mol. The number of nitrogens with one attached hydrogen (secondary N) is 2. The maximum Gasteiger partial charge on any atom is 0.255 e. The number of carbonyl (C=O) groups is 1. The van der Waals surface area contributed by atoms with Crippen molar-refractivity contribution in [2.45, 2.75) is 37.6 Å². The first-order chi connectivity index (χ1) is 9.24. The van der Waals surface area contributed by atoms with E-state index in [1.54, 1.807) is 0 Å². The molecule has 0 unspecified atom stereocenters. The van der Waals surface area contributed by atoms with Crippen LogP contribution in [0.4, 0.5) is 5.82 Å². The summed E-state index contributed by atoms with van der Waals surface area (Å²) in [6.45, 7) is 1.92. The van der Waals surface area contributed by atoms with Crippen LogP contribution >= 0.6 is 0 Å². The van der Waals surface area contributed by atoms with Crippen LogP contribution in [-0.4, -0.2) is 30.0 Å². The highest BCUT2D eigenvalue weighted by Gasteiger charge is 2.26. The van der Waals surface area contributed by atoms with Crippen molar-refractivity contribution in [3.8, 4) is 0 Å². The number of aromatic nitrogens is 1. The number of pyridine rings is 1. The van der Waals surface area contributed by atoms with Crippen molar-refractivity contribution in [3.05, 3.63) is 23.4 Å². The topological polar surface area (TPSA) is 80.0 Å². The number of amides is 1. The van der Waals surface area contributed by atoms with E-state index in [-0.39, 0.29) is 11.9 Å². The average molecular weight is 260 g/mol. The van der Waals surface area contributed by atoms with E-state index in [2.05, 4.69) is 15.6 Å². The lowest BCUT2D eigenvalue weighted by Gasteiger charge is -2.23. The second-order valence-corrected chi connectivity index (χ2v) is 5.44. The molecular weight excluding hydrogens is 240 g/mol. The van der Waals surface area contributed by atoms with Crippen LogP contribution < -0.4 is 16.4 Å². The zero-order chi connectivity index (χ0) is 13.2. The zero-order valence-electron chi connectivity index (χ0n) is 11.0. The zero-order valence-corrected chi connectivity index (χ0v) is 11.0. The van der Waals surface area contributed by atoms with E-state index in [9.17, 15) is 4.79 Å². The number of carbonyl (C=O) groups excluding carboxylic acids is 1. The molecule has 1 aromatic rings. The van der Waals surface area contributed by atoms with Gasteiger partial charge in [-0.15, -0.1) is 0 Å². The quantitative estimate of drug-likeness (QED) is 0.758. The molecule has 3 rings (SSSR count). The van der Waals surface area contributed by atoms with E-state index >= 15 is 0 Å². The van der Waals surface area contributed by atoms with Gasteiger partial charge < -0.3 is 16.4 Å². The van der Waals surface area contributed by atoms with Gasteiger partial charge in [-0.2, -0.15) is 0 Å². The van der Waals surface area contributed by atoms with Crippen molar-refractivity contribution in [2.24, 2.45) is 0 Å². The van der Waals surface area contributed by atoms with Gasteiger partial charge in [0.1, 0.15) is 5.82 Å². The normalized spacial score (nSPS) is 20.2. The summed E-state index contributed by atoms with van der Waals surface area (Å²) < 4.78 is 0. The van der Waals surface area contributed by atoms with Crippen LogP contribution in [0.5, 0.6) is 0 Å². The van der Waals surface area contributed by atoms with Crippen LogP contribution in [0.15, 0.2) is 12.1 Å². The smallest absolute Gasteiger partial charge is 0.255 e. The molecule has 2 aliphatic rings. The molecule has 1 saturated heterocycles. The van der Waals surface area contributed by atoms with E-state index < -0.39 is 0 Å². The van der Waals surface area contributed by atoms with Crippen LogP contribution in [-0.2, 0) is 0 Å². The lowest BCUT2D eigenvalue weighted by molar-refractivity contribution is 0.0930. The Morgan fingerprint density at radius 1 is 1.26 bits per heavy atom. The molecule has 1 aromatic heterocycles. The highest BCUT2D eigenvalue weighted by molar-refractivity contribution is 5.98. The molecule has 102 valence electrons. The Hall–Kier alpha value is -1.62. The molecule has 1 saturated carbocycles. The molecule has 0 aromatic carbocycles. The number of nitrogen functional groups attached to an aromatic ring is 1. The molecule has 2 fully saturated rings. The Balaban J connectivity index is 1.68. The molecular formula is C14H20N4O. The van der Waals surface area contributed by atoms with Crippen LogP contribution in [0.1, 0.15) is 47.7 Å². The summed E-state index contributed by atoms with van der Waals surface area (Å²) in [5.74, 6) is 0.818. The summed E-state index contributed by atoms with van der Waals surface area (Å²) in [6.07, 6.45) is 4.32. The predicted molar refractivity (Wildman–Crippen MR) is 74.0 cm³/mol. The van der Waals surface area contributed by atoms with Gasteiger partial charge in [0.2, 0.25) is 0 Å². The summed E-state index contributed by atoms with van der Waals surface area (Å²) in [5.41, 5.74) is 7.44. The Labute approximate surface area is 113 Å². The first-order valence-corrected chi connectivity index (χ1v) is 7.02. The maximum absolute atomic E-state index is 12.2. The van der Waals surface area contributed by atoms with Crippen LogP contribution in [0.3, 0.4) is 0 Å². The molecule has 5 nitrogen and oxygen atoms in total. The third-order valence-corrected chi connectivity index (χ3v) is 3.86. The standard InChI is InChI=1S/C14H20N4O/c15-13-11(3-4-12(18-13)9-1-2-9)14(19)17-10-5-7-16-8-6-10/h3-4,9-10,16H,1-2,5-8H2,(H2,15,18)(H,17,19). The fourth-order valence-corrected chi connectivity index (χ4v) is 2.52. The van der Waals surface area contributed by atoms with E-state index in [1.807, 2.05) is 12.1 Å². The molecule has 2 heterocycles. The lowest BCUT2D eigenvalue weighted by atomic mass is 10.1. The van der Waals surface area contributed by atoms with Gasteiger partial charge in [0.15, 0.2) is 0 Å². The third kappa shape index (κ3) is 2.87. The lowest BCUT2D eigenvalue weighted by Crippen LogP contribution is -2.42. The number of anilines is 1. The third-order valence-electron chi connectivity index (χ3n) is 3.86. The Morgan fingerprint density at radius 2 is 2.00 bits per heavy atom. The summed E-state index contributed by atoms with van der Waals surface area (Å²) in [5, 5.41) is 6.32. The largest absolute Gasteiger partial charge is 0.383 e. The van der Waals surface area contributed by atoms with Gasteiger partial charge in [0.05, 0.1) is 5.56 Å². The Morgan fingerprint density at radius 3 is 2.63 bits per heavy atom. The van der Waals surface area contributed by atoms with Crippen molar-refractivity contribution >= 4 is 11.7 Å². The highest BCUT2D eigenvalue weighted by atomic mass is 16.1. The van der Waals surface area contributed by atoms with Gasteiger partial charge in [-0.25, -0.2) is 4.98 Å². The first-order valence-electron chi connectivity index (χ1n) is 7.02. The van der Waals surface area contributed by atoms with E-state index in [4.69, 9.17) is 5.73 Å². The summed E-state index contributed by atoms with van der Waals surface area (Å²) >= 11 is 0. The summed E-state index contributed by atoms with van der Waals surface area (Å²) in [4.78, 5) is 16.5. The molecule has 0 radical (unpaired) electrons. The molecule has 5 heteroatoms. The molecule has 1 amide bonds. The number of hydrogen-bond donors (Lipinski definition) is 3. The predicted octanol–water partition coefficient (Wildman–Crippen LogP) is 1.02. The fraction of sp³-hybridized carbons (Fsp3) is 0.571. The van der Waals surface area contributed by atoms with Crippen LogP contribution in [0.2, 0.25) is 0 Å². The molecule has 0 bridgehead atoms. The number of rotatable bonds is 3. The fourth-order valence-electron chi connectivity index (χ4n) is 2.52. The molecule has 1 aliphatic heterocycles. The van der Waals surface area contributed by atoms with E-state index in [0.717, 1.165) is 31.6 Å². The van der Waals surface area contributed by atoms with Gasteiger partial charge in [-0.05, 0) is 50.9 Å². The van der Waals surface area contributed by atoms with Gasteiger partial charge in [-0.1, -0.05) is 0 Å². The SMILES string of the molecule is Nc1nc(C2CC2)ccc1C(=O)NC1CCNCC1. The maximum atomic E-state index is 12.2. The number of nitrogens with two attached hydrogens (primary N) is 1. The van der Waals surface area contributed by atoms with Gasteiger partial charge in [0, 0.05) is 17.7 Å².